The fourth-order valence-corrected chi connectivity index (χ4v) is 4.85. The van der Waals surface area contributed by atoms with Gasteiger partial charge in [-0.3, -0.25) is 4.99 Å². The van der Waals surface area contributed by atoms with E-state index >= 15 is 0 Å². The highest BCUT2D eigenvalue weighted by Gasteiger charge is 2.41. The predicted octanol–water partition coefficient (Wildman–Crippen LogP) is 4.54. The number of amidine groups is 1. The topological polar surface area (TPSA) is 64.7 Å². The lowest BCUT2D eigenvalue weighted by Crippen LogP contribution is -2.44. The van der Waals surface area contributed by atoms with E-state index in [0.717, 1.165) is 36.5 Å². The maximum Gasteiger partial charge on any atom is 0.238 e. The summed E-state index contributed by atoms with van der Waals surface area (Å²) in [7, 11) is 1.64. The van der Waals surface area contributed by atoms with Gasteiger partial charge in [-0.05, 0) is 37.5 Å². The van der Waals surface area contributed by atoms with E-state index in [2.05, 4.69) is 42.2 Å². The van der Waals surface area contributed by atoms with Crippen LogP contribution in [-0.2, 0) is 5.41 Å². The highest BCUT2D eigenvalue weighted by Crippen LogP contribution is 2.41. The number of ether oxygens (including phenoxy) is 1. The van der Waals surface area contributed by atoms with Crippen LogP contribution in [0.1, 0.15) is 43.1 Å². The van der Waals surface area contributed by atoms with Crippen LogP contribution in [0.15, 0.2) is 65.0 Å². The zero-order chi connectivity index (χ0) is 21.4. The molecule has 31 heavy (non-hydrogen) atoms. The minimum atomic E-state index is -0.0657. The van der Waals surface area contributed by atoms with Crippen LogP contribution in [0.4, 0.5) is 0 Å². The molecular formula is C25H27N5O. The molecule has 3 heterocycles. The summed E-state index contributed by atoms with van der Waals surface area (Å²) in [5, 5.41) is 0. The molecule has 0 saturated heterocycles. The molecular weight excluding hydrogens is 386 g/mol. The maximum atomic E-state index is 5.59. The zero-order valence-electron chi connectivity index (χ0n) is 18.2. The molecule has 1 unspecified atom stereocenters. The molecule has 6 nitrogen and oxygen atoms in total. The Morgan fingerprint density at radius 2 is 1.97 bits per heavy atom. The quantitative estimate of drug-likeness (QED) is 0.631. The molecule has 0 spiro atoms. The molecule has 2 aliphatic rings. The summed E-state index contributed by atoms with van der Waals surface area (Å²) < 4.78 is 7.51. The van der Waals surface area contributed by atoms with Gasteiger partial charge in [-0.2, -0.15) is 0 Å². The number of aliphatic imine (C=N–C) groups is 2. The van der Waals surface area contributed by atoms with Gasteiger partial charge in [0.2, 0.25) is 5.88 Å². The van der Waals surface area contributed by atoms with Crippen molar-refractivity contribution in [2.45, 2.75) is 38.5 Å². The maximum absolute atomic E-state index is 5.59. The number of nitrogens with zero attached hydrogens (tertiary/aromatic N) is 5. The summed E-state index contributed by atoms with van der Waals surface area (Å²) in [6.07, 6.45) is 7.17. The van der Waals surface area contributed by atoms with Crippen LogP contribution in [-0.4, -0.2) is 39.7 Å². The van der Waals surface area contributed by atoms with Crippen molar-refractivity contribution < 1.29 is 4.74 Å². The summed E-state index contributed by atoms with van der Waals surface area (Å²) in [5.41, 5.74) is 5.03. The molecule has 2 aromatic heterocycles. The molecule has 1 aliphatic carbocycles. The monoisotopic (exact) mass is 413 g/mol. The number of methoxy groups -OCH3 is 1. The van der Waals surface area contributed by atoms with Crippen LogP contribution in [0.25, 0.3) is 5.69 Å². The molecule has 6 heteroatoms. The highest BCUT2D eigenvalue weighted by atomic mass is 16.5. The van der Waals surface area contributed by atoms with E-state index in [1.807, 2.05) is 29.8 Å². The minimum absolute atomic E-state index is 0.0657. The van der Waals surface area contributed by atoms with Crippen molar-refractivity contribution in [1.82, 2.24) is 14.5 Å². The van der Waals surface area contributed by atoms with Crippen LogP contribution < -0.4 is 4.74 Å². The molecule has 2 atom stereocenters. The number of pyridine rings is 1. The average molecular weight is 414 g/mol. The third kappa shape index (κ3) is 3.46. The molecule has 1 aliphatic heterocycles. The van der Waals surface area contributed by atoms with Crippen molar-refractivity contribution in [2.75, 3.05) is 13.7 Å². The number of imidazole rings is 1. The molecule has 1 saturated carbocycles. The van der Waals surface area contributed by atoms with E-state index in [4.69, 9.17) is 19.7 Å². The van der Waals surface area contributed by atoms with E-state index in [-0.39, 0.29) is 5.41 Å². The van der Waals surface area contributed by atoms with Gasteiger partial charge >= 0.3 is 0 Å². The lowest BCUT2D eigenvalue weighted by Gasteiger charge is -2.41. The summed E-state index contributed by atoms with van der Waals surface area (Å²) in [5.74, 6) is 1.63. The number of aromatic nitrogens is 3. The predicted molar refractivity (Wildman–Crippen MR) is 123 cm³/mol. The smallest absolute Gasteiger partial charge is 0.238 e. The van der Waals surface area contributed by atoms with E-state index < -0.39 is 0 Å². The van der Waals surface area contributed by atoms with Crippen molar-refractivity contribution in [3.8, 4) is 11.6 Å². The van der Waals surface area contributed by atoms with E-state index in [1.165, 1.54) is 17.7 Å². The second kappa shape index (κ2) is 7.76. The average Bonchev–Trinajstić information content (AvgIpc) is 3.25. The lowest BCUT2D eigenvalue weighted by molar-refractivity contribution is 0.395. The van der Waals surface area contributed by atoms with Crippen LogP contribution in [0.5, 0.6) is 5.88 Å². The minimum Gasteiger partial charge on any atom is -0.479 e. The zero-order valence-corrected chi connectivity index (χ0v) is 18.2. The van der Waals surface area contributed by atoms with Crippen molar-refractivity contribution in [2.24, 2.45) is 15.9 Å². The molecule has 1 fully saturated rings. The number of hydrogen-bond donors (Lipinski definition) is 0. The van der Waals surface area contributed by atoms with Crippen molar-refractivity contribution in [3.05, 3.63) is 71.9 Å². The standard InChI is InChI=1S/C25H27N5O/c1-17-15-30(16-27-17)21-12-11-20(28-24(21)31-3)23-26-14-18-8-7-13-25(2,22(18)29-23)19-9-5-4-6-10-19/h4-6,9-12,15-16,18H,7-8,13-14H2,1-3H3/t18?,25-/m1/s1. The van der Waals surface area contributed by atoms with Gasteiger partial charge in [0.1, 0.15) is 11.4 Å². The molecule has 0 radical (unpaired) electrons. The van der Waals surface area contributed by atoms with Crippen molar-refractivity contribution in [3.63, 3.8) is 0 Å². The van der Waals surface area contributed by atoms with Gasteiger partial charge in [-0.15, -0.1) is 0 Å². The molecule has 1 aromatic carbocycles. The summed E-state index contributed by atoms with van der Waals surface area (Å²) in [6.45, 7) is 5.06. The Morgan fingerprint density at radius 3 is 2.71 bits per heavy atom. The van der Waals surface area contributed by atoms with Crippen LogP contribution in [0.2, 0.25) is 0 Å². The summed E-state index contributed by atoms with van der Waals surface area (Å²) >= 11 is 0. The number of hydrogen-bond acceptors (Lipinski definition) is 5. The van der Waals surface area contributed by atoms with E-state index in [9.17, 15) is 0 Å². The Balaban J connectivity index is 1.53. The fourth-order valence-electron chi connectivity index (χ4n) is 4.85. The second-order valence-electron chi connectivity index (χ2n) is 8.60. The van der Waals surface area contributed by atoms with Gasteiger partial charge in [0.05, 0.1) is 19.1 Å². The van der Waals surface area contributed by atoms with Crippen LogP contribution >= 0.6 is 0 Å². The van der Waals surface area contributed by atoms with Crippen LogP contribution in [0.3, 0.4) is 0 Å². The molecule has 0 N–H and O–H groups in total. The Morgan fingerprint density at radius 1 is 1.13 bits per heavy atom. The summed E-state index contributed by atoms with van der Waals surface area (Å²) in [6, 6.07) is 14.7. The third-order valence-electron chi connectivity index (χ3n) is 6.53. The fraction of sp³-hybridized carbons (Fsp3) is 0.360. The van der Waals surface area contributed by atoms with E-state index in [0.29, 0.717) is 17.6 Å². The number of aryl methyl sites for hydroxylation is 1. The first-order valence-electron chi connectivity index (χ1n) is 10.8. The van der Waals surface area contributed by atoms with Gasteiger partial charge in [0, 0.05) is 29.8 Å². The summed E-state index contributed by atoms with van der Waals surface area (Å²) in [4.78, 5) is 19.0. The van der Waals surface area contributed by atoms with Crippen molar-refractivity contribution in [1.29, 1.82) is 0 Å². The Kier molecular flexibility index (Phi) is 4.93. The SMILES string of the molecule is COc1nc(C2=NCC3CCC[C@](C)(c4ccccc4)C3=N2)ccc1-n1cnc(C)c1. The number of benzene rings is 1. The highest BCUT2D eigenvalue weighted by molar-refractivity contribution is 6.11. The van der Waals surface area contributed by atoms with Gasteiger partial charge in [-0.25, -0.2) is 15.0 Å². The normalized spacial score (nSPS) is 23.0. The number of rotatable bonds is 4. The largest absolute Gasteiger partial charge is 0.479 e. The first kappa shape index (κ1) is 19.7. The van der Waals surface area contributed by atoms with Gasteiger partial charge < -0.3 is 9.30 Å². The third-order valence-corrected chi connectivity index (χ3v) is 6.53. The molecule has 3 aromatic rings. The Hall–Kier alpha value is -3.28. The van der Waals surface area contributed by atoms with Crippen molar-refractivity contribution >= 4 is 11.5 Å². The molecule has 0 bridgehead atoms. The Labute approximate surface area is 182 Å². The first-order valence-corrected chi connectivity index (χ1v) is 10.8. The van der Waals surface area contributed by atoms with Crippen LogP contribution in [0, 0.1) is 12.8 Å². The Bertz CT molecular complexity index is 1160. The van der Waals surface area contributed by atoms with Gasteiger partial charge in [0.15, 0.2) is 5.84 Å². The number of fused-ring (bicyclic) bond motifs is 1. The first-order chi connectivity index (χ1) is 15.1. The van der Waals surface area contributed by atoms with Gasteiger partial charge in [0.25, 0.3) is 0 Å². The van der Waals surface area contributed by atoms with E-state index in [1.54, 1.807) is 13.4 Å². The second-order valence-corrected chi connectivity index (χ2v) is 8.60. The molecule has 0 amide bonds. The lowest BCUT2D eigenvalue weighted by atomic mass is 9.65. The molecule has 5 rings (SSSR count). The van der Waals surface area contributed by atoms with Gasteiger partial charge in [-0.1, -0.05) is 43.7 Å². The molecule has 158 valence electrons.